The Labute approximate surface area is 159 Å². The number of benzene rings is 1. The number of aromatic nitrogens is 1. The van der Waals surface area contributed by atoms with Crippen LogP contribution in [0, 0.1) is 6.92 Å². The van der Waals surface area contributed by atoms with Gasteiger partial charge < -0.3 is 15.0 Å². The SMILES string of the molecule is COc1ccc(CCNC(=O)c2sc(CCN3CCCC3)nc2C)cc1. The minimum Gasteiger partial charge on any atom is -0.497 e. The quantitative estimate of drug-likeness (QED) is 0.773. The van der Waals surface area contributed by atoms with Crippen molar-refractivity contribution in [2.75, 3.05) is 33.3 Å². The van der Waals surface area contributed by atoms with E-state index in [4.69, 9.17) is 4.74 Å². The van der Waals surface area contributed by atoms with Gasteiger partial charge in [0.25, 0.3) is 5.91 Å². The maximum Gasteiger partial charge on any atom is 0.263 e. The van der Waals surface area contributed by atoms with Crippen molar-refractivity contribution in [2.45, 2.75) is 32.6 Å². The molecule has 1 fully saturated rings. The van der Waals surface area contributed by atoms with Crippen molar-refractivity contribution >= 4 is 17.2 Å². The molecule has 3 rings (SSSR count). The van der Waals surface area contributed by atoms with Crippen molar-refractivity contribution in [1.29, 1.82) is 0 Å². The summed E-state index contributed by atoms with van der Waals surface area (Å²) in [6.45, 7) is 5.98. The lowest BCUT2D eigenvalue weighted by molar-refractivity contribution is 0.0957. The lowest BCUT2D eigenvalue weighted by atomic mass is 10.1. The molecule has 1 N–H and O–H groups in total. The van der Waals surface area contributed by atoms with Gasteiger partial charge >= 0.3 is 0 Å². The summed E-state index contributed by atoms with van der Waals surface area (Å²) >= 11 is 1.54. The van der Waals surface area contributed by atoms with E-state index >= 15 is 0 Å². The Morgan fingerprint density at radius 3 is 2.65 bits per heavy atom. The molecule has 140 valence electrons. The number of nitrogens with one attached hydrogen (secondary N) is 1. The normalized spacial score (nSPS) is 14.5. The summed E-state index contributed by atoms with van der Waals surface area (Å²) in [5.74, 6) is 0.834. The van der Waals surface area contributed by atoms with Crippen molar-refractivity contribution in [1.82, 2.24) is 15.2 Å². The first-order valence-electron chi connectivity index (χ1n) is 9.25. The molecule has 0 saturated carbocycles. The highest BCUT2D eigenvalue weighted by Gasteiger charge is 2.16. The van der Waals surface area contributed by atoms with E-state index < -0.39 is 0 Å². The molecule has 0 bridgehead atoms. The molecular formula is C20H27N3O2S. The number of methoxy groups -OCH3 is 1. The first-order chi connectivity index (χ1) is 12.7. The molecule has 0 spiro atoms. The summed E-state index contributed by atoms with van der Waals surface area (Å²) in [4.78, 5) is 20.3. The number of hydrogen-bond donors (Lipinski definition) is 1. The zero-order valence-corrected chi connectivity index (χ0v) is 16.4. The van der Waals surface area contributed by atoms with E-state index in [1.807, 2.05) is 31.2 Å². The average molecular weight is 374 g/mol. The van der Waals surface area contributed by atoms with E-state index in [0.717, 1.165) is 40.7 Å². The highest BCUT2D eigenvalue weighted by molar-refractivity contribution is 7.13. The van der Waals surface area contributed by atoms with Crippen molar-refractivity contribution < 1.29 is 9.53 Å². The van der Waals surface area contributed by atoms with E-state index in [9.17, 15) is 4.79 Å². The molecule has 1 aromatic heterocycles. The maximum atomic E-state index is 12.5. The summed E-state index contributed by atoms with van der Waals surface area (Å²) in [5, 5.41) is 4.08. The second-order valence-corrected chi connectivity index (χ2v) is 7.76. The monoisotopic (exact) mass is 373 g/mol. The molecule has 1 saturated heterocycles. The fourth-order valence-electron chi connectivity index (χ4n) is 3.22. The third kappa shape index (κ3) is 5.05. The van der Waals surface area contributed by atoms with E-state index in [1.54, 1.807) is 7.11 Å². The topological polar surface area (TPSA) is 54.5 Å². The number of nitrogens with zero attached hydrogens (tertiary/aromatic N) is 2. The summed E-state index contributed by atoms with van der Waals surface area (Å²) < 4.78 is 5.16. The highest BCUT2D eigenvalue weighted by Crippen LogP contribution is 2.19. The Bertz CT molecular complexity index is 721. The van der Waals surface area contributed by atoms with Gasteiger partial charge in [-0.05, 0) is 57.0 Å². The Hall–Kier alpha value is -1.92. The maximum absolute atomic E-state index is 12.5. The summed E-state index contributed by atoms with van der Waals surface area (Å²) in [7, 11) is 1.66. The molecule has 5 nitrogen and oxygen atoms in total. The van der Waals surface area contributed by atoms with Crippen LogP contribution in [0.5, 0.6) is 5.75 Å². The lowest BCUT2D eigenvalue weighted by Crippen LogP contribution is -2.25. The number of carbonyl (C=O) groups excluding carboxylic acids is 1. The fraction of sp³-hybridized carbons (Fsp3) is 0.500. The third-order valence-corrected chi connectivity index (χ3v) is 5.96. The molecule has 1 amide bonds. The van der Waals surface area contributed by atoms with Crippen LogP contribution in [-0.4, -0.2) is 49.1 Å². The molecule has 2 aromatic rings. The number of ether oxygens (including phenoxy) is 1. The van der Waals surface area contributed by atoms with Crippen LogP contribution in [0.25, 0.3) is 0 Å². The summed E-state index contributed by atoms with van der Waals surface area (Å²) in [6.07, 6.45) is 4.34. The Balaban J connectivity index is 1.47. The predicted octanol–water partition coefficient (Wildman–Crippen LogP) is 3.07. The number of hydrogen-bond acceptors (Lipinski definition) is 5. The molecule has 0 radical (unpaired) electrons. The van der Waals surface area contributed by atoms with Crippen LogP contribution < -0.4 is 10.1 Å². The van der Waals surface area contributed by atoms with E-state index in [-0.39, 0.29) is 5.91 Å². The Morgan fingerprint density at radius 1 is 1.23 bits per heavy atom. The van der Waals surface area contributed by atoms with Crippen LogP contribution in [0.15, 0.2) is 24.3 Å². The average Bonchev–Trinajstić information content (AvgIpc) is 3.30. The zero-order chi connectivity index (χ0) is 18.4. The first-order valence-corrected chi connectivity index (χ1v) is 10.1. The summed E-state index contributed by atoms with van der Waals surface area (Å²) in [6, 6.07) is 7.94. The number of carbonyl (C=O) groups is 1. The van der Waals surface area contributed by atoms with Gasteiger partial charge in [-0.3, -0.25) is 4.79 Å². The van der Waals surface area contributed by atoms with Gasteiger partial charge in [0, 0.05) is 19.5 Å². The van der Waals surface area contributed by atoms with Crippen LogP contribution in [0.1, 0.15) is 38.8 Å². The van der Waals surface area contributed by atoms with Crippen LogP contribution >= 0.6 is 11.3 Å². The van der Waals surface area contributed by atoms with Gasteiger partial charge in [-0.2, -0.15) is 0 Å². The molecule has 2 heterocycles. The van der Waals surface area contributed by atoms with E-state index in [2.05, 4.69) is 15.2 Å². The smallest absolute Gasteiger partial charge is 0.263 e. The largest absolute Gasteiger partial charge is 0.497 e. The standard InChI is InChI=1S/C20H27N3O2S/c1-15-19(26-18(22-15)10-14-23-12-3-4-13-23)20(24)21-11-9-16-5-7-17(25-2)8-6-16/h5-8H,3-4,9-14H2,1-2H3,(H,21,24). The van der Waals surface area contributed by atoms with Gasteiger partial charge in [0.2, 0.25) is 0 Å². The van der Waals surface area contributed by atoms with E-state index in [0.29, 0.717) is 6.54 Å². The van der Waals surface area contributed by atoms with Crippen LogP contribution in [-0.2, 0) is 12.8 Å². The number of aryl methyl sites for hydroxylation is 1. The molecule has 0 aliphatic carbocycles. The second-order valence-electron chi connectivity index (χ2n) is 6.67. The van der Waals surface area contributed by atoms with Crippen LogP contribution in [0.2, 0.25) is 0 Å². The molecule has 1 aromatic carbocycles. The number of amides is 1. The molecular weight excluding hydrogens is 346 g/mol. The van der Waals surface area contributed by atoms with Gasteiger partial charge in [0.05, 0.1) is 17.8 Å². The Morgan fingerprint density at radius 2 is 1.96 bits per heavy atom. The van der Waals surface area contributed by atoms with Gasteiger partial charge in [0.15, 0.2) is 0 Å². The number of thiazole rings is 1. The van der Waals surface area contributed by atoms with Crippen molar-refractivity contribution in [3.05, 3.63) is 45.4 Å². The third-order valence-electron chi connectivity index (χ3n) is 4.75. The number of rotatable bonds is 8. The fourth-order valence-corrected chi connectivity index (χ4v) is 4.19. The van der Waals surface area contributed by atoms with Crippen LogP contribution in [0.3, 0.4) is 0 Å². The first kappa shape index (κ1) is 18.9. The second kappa shape index (κ2) is 9.14. The van der Waals surface area contributed by atoms with Crippen molar-refractivity contribution in [3.63, 3.8) is 0 Å². The highest BCUT2D eigenvalue weighted by atomic mass is 32.1. The molecule has 1 aliphatic heterocycles. The van der Waals surface area contributed by atoms with Gasteiger partial charge in [-0.25, -0.2) is 4.98 Å². The molecule has 0 atom stereocenters. The van der Waals surface area contributed by atoms with Crippen LogP contribution in [0.4, 0.5) is 0 Å². The minimum absolute atomic E-state index is 0.0130. The lowest BCUT2D eigenvalue weighted by Gasteiger charge is -2.12. The molecule has 0 unspecified atom stereocenters. The predicted molar refractivity (Wildman–Crippen MR) is 105 cm³/mol. The minimum atomic E-state index is -0.0130. The van der Waals surface area contributed by atoms with Gasteiger partial charge in [0.1, 0.15) is 10.6 Å². The Kier molecular flexibility index (Phi) is 6.63. The van der Waals surface area contributed by atoms with Gasteiger partial charge in [-0.15, -0.1) is 11.3 Å². The summed E-state index contributed by atoms with van der Waals surface area (Å²) in [5.41, 5.74) is 2.02. The molecule has 1 aliphatic rings. The molecule has 6 heteroatoms. The van der Waals surface area contributed by atoms with Gasteiger partial charge in [-0.1, -0.05) is 12.1 Å². The van der Waals surface area contributed by atoms with Crippen molar-refractivity contribution in [2.24, 2.45) is 0 Å². The van der Waals surface area contributed by atoms with E-state index in [1.165, 1.54) is 42.8 Å². The van der Waals surface area contributed by atoms with Crippen molar-refractivity contribution in [3.8, 4) is 5.75 Å². The zero-order valence-electron chi connectivity index (χ0n) is 15.6. The number of likely N-dealkylation sites (tertiary alicyclic amines) is 1. The molecule has 26 heavy (non-hydrogen) atoms.